The Morgan fingerprint density at radius 3 is 2.68 bits per heavy atom. The summed E-state index contributed by atoms with van der Waals surface area (Å²) < 4.78 is 1.91. The van der Waals surface area contributed by atoms with Gasteiger partial charge in [0.1, 0.15) is 5.82 Å². The van der Waals surface area contributed by atoms with Crippen LogP contribution >= 0.6 is 0 Å². The Morgan fingerprint density at radius 1 is 1.42 bits per heavy atom. The van der Waals surface area contributed by atoms with Crippen LogP contribution in [0.1, 0.15) is 22.8 Å². The molecule has 0 aliphatic rings. The van der Waals surface area contributed by atoms with Crippen molar-refractivity contribution in [3.63, 3.8) is 0 Å². The first kappa shape index (κ1) is 13.2. The van der Waals surface area contributed by atoms with E-state index in [4.69, 9.17) is 5.73 Å². The quantitative estimate of drug-likeness (QED) is 0.669. The molecule has 2 aromatic rings. The van der Waals surface area contributed by atoms with Crippen molar-refractivity contribution in [2.45, 2.75) is 19.9 Å². The SMILES string of the molecule is Cc1nc(CN)n(C)c1Cc1ccccc1[N+](=O)[O-]. The number of rotatable bonds is 4. The number of benzene rings is 1. The molecule has 0 amide bonds. The molecule has 2 rings (SSSR count). The van der Waals surface area contributed by atoms with E-state index >= 15 is 0 Å². The van der Waals surface area contributed by atoms with Gasteiger partial charge in [-0.15, -0.1) is 0 Å². The number of nitro benzene ring substituents is 1. The normalized spacial score (nSPS) is 10.7. The van der Waals surface area contributed by atoms with Crippen LogP contribution in [0.2, 0.25) is 0 Å². The number of hydrogen-bond donors (Lipinski definition) is 1. The molecule has 0 aliphatic heterocycles. The molecule has 1 aromatic heterocycles. The van der Waals surface area contributed by atoms with Gasteiger partial charge in [-0.1, -0.05) is 18.2 Å². The lowest BCUT2D eigenvalue weighted by atomic mass is 10.1. The minimum Gasteiger partial charge on any atom is -0.333 e. The van der Waals surface area contributed by atoms with Gasteiger partial charge in [0.25, 0.3) is 5.69 Å². The molecule has 6 nitrogen and oxygen atoms in total. The molecule has 2 N–H and O–H groups in total. The van der Waals surface area contributed by atoms with Crippen molar-refractivity contribution in [1.29, 1.82) is 0 Å². The van der Waals surface area contributed by atoms with Crippen LogP contribution in [-0.4, -0.2) is 14.5 Å². The average molecular weight is 260 g/mol. The molecular weight excluding hydrogens is 244 g/mol. The highest BCUT2D eigenvalue weighted by Gasteiger charge is 2.17. The van der Waals surface area contributed by atoms with Gasteiger partial charge >= 0.3 is 0 Å². The maximum atomic E-state index is 11.0. The molecular formula is C13H16N4O2. The molecule has 19 heavy (non-hydrogen) atoms. The van der Waals surface area contributed by atoms with E-state index in [0.717, 1.165) is 17.2 Å². The molecule has 6 heteroatoms. The second-order valence-corrected chi connectivity index (χ2v) is 4.39. The van der Waals surface area contributed by atoms with Crippen LogP contribution in [0.5, 0.6) is 0 Å². The van der Waals surface area contributed by atoms with E-state index in [0.29, 0.717) is 18.5 Å². The zero-order chi connectivity index (χ0) is 14.0. The van der Waals surface area contributed by atoms with Gasteiger partial charge < -0.3 is 10.3 Å². The summed E-state index contributed by atoms with van der Waals surface area (Å²) >= 11 is 0. The Kier molecular flexibility index (Phi) is 3.62. The Hall–Kier alpha value is -2.21. The summed E-state index contributed by atoms with van der Waals surface area (Å²) in [7, 11) is 1.88. The molecule has 0 spiro atoms. The summed E-state index contributed by atoms with van der Waals surface area (Å²) in [5.41, 5.74) is 8.25. The molecule has 1 heterocycles. The number of aromatic nitrogens is 2. The Labute approximate surface area is 111 Å². The first-order valence-corrected chi connectivity index (χ1v) is 5.98. The fourth-order valence-electron chi connectivity index (χ4n) is 2.18. The highest BCUT2D eigenvalue weighted by Crippen LogP contribution is 2.22. The number of para-hydroxylation sites is 1. The summed E-state index contributed by atoms with van der Waals surface area (Å²) in [6, 6.07) is 6.76. The summed E-state index contributed by atoms with van der Waals surface area (Å²) in [6.45, 7) is 2.25. The predicted molar refractivity (Wildman–Crippen MR) is 71.7 cm³/mol. The van der Waals surface area contributed by atoms with Gasteiger partial charge in [-0.2, -0.15) is 0 Å². The number of nitrogens with two attached hydrogens (primary N) is 1. The van der Waals surface area contributed by atoms with Crippen molar-refractivity contribution in [2.24, 2.45) is 12.8 Å². The second kappa shape index (κ2) is 5.19. The van der Waals surface area contributed by atoms with Gasteiger partial charge in [0, 0.05) is 30.8 Å². The van der Waals surface area contributed by atoms with E-state index in [2.05, 4.69) is 4.98 Å². The zero-order valence-electron chi connectivity index (χ0n) is 11.0. The molecule has 0 bridgehead atoms. The summed E-state index contributed by atoms with van der Waals surface area (Å²) in [5.74, 6) is 0.783. The van der Waals surface area contributed by atoms with E-state index in [1.807, 2.05) is 18.5 Å². The van der Waals surface area contributed by atoms with Crippen LogP contribution < -0.4 is 5.73 Å². The number of nitro groups is 1. The Bertz CT molecular complexity index is 619. The van der Waals surface area contributed by atoms with Gasteiger partial charge in [-0.05, 0) is 6.92 Å². The van der Waals surface area contributed by atoms with Crippen molar-refractivity contribution in [3.05, 3.63) is 57.2 Å². The molecule has 0 unspecified atom stereocenters. The van der Waals surface area contributed by atoms with Crippen molar-refractivity contribution >= 4 is 5.69 Å². The molecule has 1 aromatic carbocycles. The molecule has 0 saturated carbocycles. The largest absolute Gasteiger partial charge is 0.333 e. The second-order valence-electron chi connectivity index (χ2n) is 4.39. The van der Waals surface area contributed by atoms with E-state index in [1.54, 1.807) is 18.2 Å². The number of aryl methyl sites for hydroxylation is 1. The first-order chi connectivity index (χ1) is 9.04. The lowest BCUT2D eigenvalue weighted by Gasteiger charge is -2.06. The molecule has 100 valence electrons. The maximum Gasteiger partial charge on any atom is 0.272 e. The summed E-state index contributed by atoms with van der Waals surface area (Å²) in [5, 5.41) is 11.0. The third kappa shape index (κ3) is 2.48. The van der Waals surface area contributed by atoms with Crippen LogP contribution in [0.3, 0.4) is 0 Å². The predicted octanol–water partition coefficient (Wildman–Crippen LogP) is 1.69. The number of imidazole rings is 1. The number of hydrogen-bond acceptors (Lipinski definition) is 4. The number of nitrogens with zero attached hydrogens (tertiary/aromatic N) is 3. The van der Waals surface area contributed by atoms with Gasteiger partial charge in [-0.3, -0.25) is 10.1 Å². The van der Waals surface area contributed by atoms with Crippen molar-refractivity contribution in [3.8, 4) is 0 Å². The molecule has 0 radical (unpaired) electrons. The molecule has 0 atom stereocenters. The van der Waals surface area contributed by atoms with Gasteiger partial charge in [0.2, 0.25) is 0 Å². The van der Waals surface area contributed by atoms with E-state index in [-0.39, 0.29) is 10.6 Å². The monoisotopic (exact) mass is 260 g/mol. The Morgan fingerprint density at radius 2 is 2.11 bits per heavy atom. The third-order valence-corrected chi connectivity index (χ3v) is 3.24. The molecule has 0 saturated heterocycles. The third-order valence-electron chi connectivity index (χ3n) is 3.24. The first-order valence-electron chi connectivity index (χ1n) is 5.98. The summed E-state index contributed by atoms with van der Waals surface area (Å²) in [4.78, 5) is 15.0. The lowest BCUT2D eigenvalue weighted by Crippen LogP contribution is -2.08. The highest BCUT2D eigenvalue weighted by atomic mass is 16.6. The van der Waals surface area contributed by atoms with Crippen LogP contribution in [0, 0.1) is 17.0 Å². The minimum atomic E-state index is -0.356. The fourth-order valence-corrected chi connectivity index (χ4v) is 2.18. The molecule has 0 fully saturated rings. The van der Waals surface area contributed by atoms with Crippen LogP contribution in [0.15, 0.2) is 24.3 Å². The van der Waals surface area contributed by atoms with E-state index in [9.17, 15) is 10.1 Å². The van der Waals surface area contributed by atoms with E-state index < -0.39 is 0 Å². The van der Waals surface area contributed by atoms with Crippen LogP contribution in [0.4, 0.5) is 5.69 Å². The summed E-state index contributed by atoms with van der Waals surface area (Å²) in [6.07, 6.45) is 0.479. The highest BCUT2D eigenvalue weighted by molar-refractivity contribution is 5.42. The van der Waals surface area contributed by atoms with Crippen molar-refractivity contribution in [1.82, 2.24) is 9.55 Å². The fraction of sp³-hybridized carbons (Fsp3) is 0.308. The van der Waals surface area contributed by atoms with Gasteiger partial charge in [0.05, 0.1) is 17.2 Å². The Balaban J connectivity index is 2.42. The van der Waals surface area contributed by atoms with Crippen LogP contribution in [0.25, 0.3) is 0 Å². The van der Waals surface area contributed by atoms with Crippen molar-refractivity contribution < 1.29 is 4.92 Å². The topological polar surface area (TPSA) is 87.0 Å². The lowest BCUT2D eigenvalue weighted by molar-refractivity contribution is -0.385. The van der Waals surface area contributed by atoms with Crippen molar-refractivity contribution in [2.75, 3.05) is 0 Å². The van der Waals surface area contributed by atoms with E-state index in [1.165, 1.54) is 6.07 Å². The smallest absolute Gasteiger partial charge is 0.272 e. The van der Waals surface area contributed by atoms with Gasteiger partial charge in [-0.25, -0.2) is 4.98 Å². The van der Waals surface area contributed by atoms with Crippen LogP contribution in [-0.2, 0) is 20.0 Å². The minimum absolute atomic E-state index is 0.136. The average Bonchev–Trinajstić information content (AvgIpc) is 2.66. The van der Waals surface area contributed by atoms with Gasteiger partial charge in [0.15, 0.2) is 0 Å². The zero-order valence-corrected chi connectivity index (χ0v) is 11.0. The standard InChI is InChI=1S/C13H16N4O2/c1-9-12(16(2)13(8-14)15-9)7-10-5-3-4-6-11(10)17(18)19/h3-6H,7-8,14H2,1-2H3. The maximum absolute atomic E-state index is 11.0. The molecule has 0 aliphatic carbocycles.